The van der Waals surface area contributed by atoms with Gasteiger partial charge in [0.2, 0.25) is 0 Å². The molecule has 1 aliphatic heterocycles. The first kappa shape index (κ1) is 14.4. The second-order valence-corrected chi connectivity index (χ2v) is 5.98. The number of nitrogens with one attached hydrogen (secondary N) is 1. The third kappa shape index (κ3) is 3.22. The maximum absolute atomic E-state index is 6.24. The normalized spacial score (nSPS) is 15.5. The molecule has 0 saturated carbocycles. The Kier molecular flexibility index (Phi) is 4.17. The maximum Gasteiger partial charge on any atom is 0.149 e. The molecule has 1 saturated heterocycles. The molecule has 1 N–H and O–H groups in total. The zero-order valence-electron chi connectivity index (χ0n) is 11.7. The molecule has 4 nitrogen and oxygen atoms in total. The van der Waals surface area contributed by atoms with E-state index in [0.717, 1.165) is 30.3 Å². The van der Waals surface area contributed by atoms with E-state index in [-0.39, 0.29) is 6.04 Å². The summed E-state index contributed by atoms with van der Waals surface area (Å²) in [4.78, 5) is 11.0. The van der Waals surface area contributed by atoms with Gasteiger partial charge >= 0.3 is 0 Å². The second kappa shape index (κ2) is 6.08. The van der Waals surface area contributed by atoms with Crippen molar-refractivity contribution in [3.8, 4) is 0 Å². The summed E-state index contributed by atoms with van der Waals surface area (Å²) in [5, 5.41) is 4.62. The summed E-state index contributed by atoms with van der Waals surface area (Å²) >= 11 is 12.2. The molecule has 1 aromatic carbocycles. The number of hydrogen-bond donors (Lipinski definition) is 1. The average Bonchev–Trinajstić information content (AvgIpc) is 2.36. The maximum atomic E-state index is 6.24. The first-order valence-corrected chi connectivity index (χ1v) is 7.67. The highest BCUT2D eigenvalue weighted by atomic mass is 35.5. The topological polar surface area (TPSA) is 41.1 Å². The van der Waals surface area contributed by atoms with Crippen molar-refractivity contribution in [3.05, 3.63) is 46.2 Å². The highest BCUT2D eigenvalue weighted by molar-refractivity contribution is 6.35. The number of halogens is 2. The first-order valence-electron chi connectivity index (χ1n) is 6.92. The minimum atomic E-state index is 0.0238. The van der Waals surface area contributed by atoms with Crippen LogP contribution in [0.5, 0.6) is 0 Å². The van der Waals surface area contributed by atoms with Crippen LogP contribution in [0, 0.1) is 0 Å². The zero-order chi connectivity index (χ0) is 14.8. The molecule has 110 valence electrons. The molecule has 1 aliphatic rings. The van der Waals surface area contributed by atoms with E-state index in [2.05, 4.69) is 20.2 Å². The lowest BCUT2D eigenvalue weighted by Crippen LogP contribution is -2.37. The van der Waals surface area contributed by atoms with Gasteiger partial charge in [0, 0.05) is 23.1 Å². The predicted octanol–water partition coefficient (Wildman–Crippen LogP) is 4.17. The molecule has 6 heteroatoms. The van der Waals surface area contributed by atoms with Crippen molar-refractivity contribution in [2.24, 2.45) is 0 Å². The molecule has 0 bridgehead atoms. The van der Waals surface area contributed by atoms with Gasteiger partial charge in [0.15, 0.2) is 0 Å². The summed E-state index contributed by atoms with van der Waals surface area (Å²) in [5.74, 6) is 1.67. The summed E-state index contributed by atoms with van der Waals surface area (Å²) in [5.41, 5.74) is 0.984. The van der Waals surface area contributed by atoms with E-state index in [4.69, 9.17) is 23.2 Å². The van der Waals surface area contributed by atoms with Crippen LogP contribution < -0.4 is 10.2 Å². The van der Waals surface area contributed by atoms with Crippen LogP contribution in [0.3, 0.4) is 0 Å². The van der Waals surface area contributed by atoms with Crippen LogP contribution in [-0.2, 0) is 0 Å². The molecule has 3 rings (SSSR count). The second-order valence-electron chi connectivity index (χ2n) is 5.13. The van der Waals surface area contributed by atoms with E-state index in [0.29, 0.717) is 10.0 Å². The molecule has 1 unspecified atom stereocenters. The molecule has 1 aromatic heterocycles. The van der Waals surface area contributed by atoms with Crippen LogP contribution in [0.1, 0.15) is 24.9 Å². The van der Waals surface area contributed by atoms with E-state index in [1.54, 1.807) is 18.5 Å². The van der Waals surface area contributed by atoms with E-state index in [1.165, 1.54) is 6.42 Å². The van der Waals surface area contributed by atoms with E-state index in [9.17, 15) is 0 Å². The highest BCUT2D eigenvalue weighted by Gasteiger charge is 2.17. The van der Waals surface area contributed by atoms with Gasteiger partial charge in [-0.25, -0.2) is 4.98 Å². The Balaban J connectivity index is 1.76. The number of anilines is 2. The van der Waals surface area contributed by atoms with Gasteiger partial charge in [0.1, 0.15) is 11.6 Å². The van der Waals surface area contributed by atoms with Gasteiger partial charge in [0.05, 0.1) is 18.4 Å². The highest BCUT2D eigenvalue weighted by Crippen LogP contribution is 2.28. The summed E-state index contributed by atoms with van der Waals surface area (Å²) < 4.78 is 0. The van der Waals surface area contributed by atoms with E-state index < -0.39 is 0 Å². The van der Waals surface area contributed by atoms with Crippen LogP contribution in [0.4, 0.5) is 11.6 Å². The summed E-state index contributed by atoms with van der Waals surface area (Å²) in [6.45, 7) is 4.14. The Morgan fingerprint density at radius 1 is 1.24 bits per heavy atom. The van der Waals surface area contributed by atoms with Gasteiger partial charge in [-0.3, -0.25) is 4.98 Å². The molecule has 0 radical (unpaired) electrons. The minimum Gasteiger partial charge on any atom is -0.362 e. The Morgan fingerprint density at radius 3 is 2.71 bits per heavy atom. The number of benzene rings is 1. The molecular weight excluding hydrogens is 307 g/mol. The lowest BCUT2D eigenvalue weighted by Gasteiger charge is -2.31. The van der Waals surface area contributed by atoms with Crippen LogP contribution in [0.15, 0.2) is 30.6 Å². The lowest BCUT2D eigenvalue weighted by molar-refractivity contribution is 0.608. The van der Waals surface area contributed by atoms with E-state index in [1.807, 2.05) is 19.1 Å². The molecule has 0 spiro atoms. The van der Waals surface area contributed by atoms with Gasteiger partial charge in [-0.15, -0.1) is 0 Å². The van der Waals surface area contributed by atoms with Crippen LogP contribution >= 0.6 is 23.2 Å². The Morgan fingerprint density at radius 2 is 2.05 bits per heavy atom. The monoisotopic (exact) mass is 322 g/mol. The largest absolute Gasteiger partial charge is 0.362 e. The van der Waals surface area contributed by atoms with Crippen LogP contribution in [0.25, 0.3) is 0 Å². The van der Waals surface area contributed by atoms with Crippen LogP contribution in [0.2, 0.25) is 10.0 Å². The first-order chi connectivity index (χ1) is 10.1. The number of hydrogen-bond acceptors (Lipinski definition) is 4. The zero-order valence-corrected chi connectivity index (χ0v) is 13.2. The third-order valence-corrected chi connectivity index (χ3v) is 4.16. The SMILES string of the molecule is CC(Nc1cncc(N2CCC2)n1)c1ccc(Cl)cc1Cl. The fourth-order valence-electron chi connectivity index (χ4n) is 2.28. The van der Waals surface area contributed by atoms with Gasteiger partial charge in [-0.2, -0.15) is 0 Å². The Bertz CT molecular complexity index is 643. The van der Waals surface area contributed by atoms with Crippen LogP contribution in [-0.4, -0.2) is 23.1 Å². The average molecular weight is 323 g/mol. The van der Waals surface area contributed by atoms with Crippen molar-refractivity contribution in [1.82, 2.24) is 9.97 Å². The van der Waals surface area contributed by atoms with Gasteiger partial charge in [-0.05, 0) is 31.0 Å². The standard InChI is InChI=1S/C15H16Cl2N4/c1-10(12-4-3-11(16)7-13(12)17)19-14-8-18-9-15(20-14)21-5-2-6-21/h3-4,7-10H,2,5-6H2,1H3,(H,19,20). The molecule has 0 aliphatic carbocycles. The number of rotatable bonds is 4. The predicted molar refractivity (Wildman–Crippen MR) is 87.4 cm³/mol. The summed E-state index contributed by atoms with van der Waals surface area (Å²) in [7, 11) is 0. The smallest absolute Gasteiger partial charge is 0.149 e. The van der Waals surface area contributed by atoms with Crippen molar-refractivity contribution in [1.29, 1.82) is 0 Å². The van der Waals surface area contributed by atoms with Crippen molar-refractivity contribution < 1.29 is 0 Å². The molecule has 0 amide bonds. The van der Waals surface area contributed by atoms with E-state index >= 15 is 0 Å². The van der Waals surface area contributed by atoms with Gasteiger partial charge in [0.25, 0.3) is 0 Å². The summed E-state index contributed by atoms with van der Waals surface area (Å²) in [6, 6.07) is 5.53. The van der Waals surface area contributed by atoms with Gasteiger partial charge < -0.3 is 10.2 Å². The third-order valence-electron chi connectivity index (χ3n) is 3.60. The lowest BCUT2D eigenvalue weighted by atomic mass is 10.1. The Labute approximate surface area is 134 Å². The van der Waals surface area contributed by atoms with Crippen molar-refractivity contribution in [3.63, 3.8) is 0 Å². The fraction of sp³-hybridized carbons (Fsp3) is 0.333. The van der Waals surface area contributed by atoms with Crippen molar-refractivity contribution in [2.45, 2.75) is 19.4 Å². The quantitative estimate of drug-likeness (QED) is 0.917. The number of nitrogens with zero attached hydrogens (tertiary/aromatic N) is 3. The fourth-order valence-corrected chi connectivity index (χ4v) is 2.85. The minimum absolute atomic E-state index is 0.0238. The summed E-state index contributed by atoms with van der Waals surface area (Å²) in [6.07, 6.45) is 4.74. The molecular formula is C15H16Cl2N4. The molecule has 2 heterocycles. The molecule has 2 aromatic rings. The van der Waals surface area contributed by atoms with Crippen molar-refractivity contribution in [2.75, 3.05) is 23.3 Å². The number of aromatic nitrogens is 2. The van der Waals surface area contributed by atoms with Gasteiger partial charge in [-0.1, -0.05) is 29.3 Å². The molecule has 1 atom stereocenters. The Hall–Kier alpha value is -1.52. The van der Waals surface area contributed by atoms with Crippen molar-refractivity contribution >= 4 is 34.8 Å². The molecule has 21 heavy (non-hydrogen) atoms. The molecule has 1 fully saturated rings.